The number of sulfonamides is 1. The van der Waals surface area contributed by atoms with E-state index in [-0.39, 0.29) is 31.4 Å². The van der Waals surface area contributed by atoms with E-state index in [4.69, 9.17) is 28.3 Å². The van der Waals surface area contributed by atoms with Crippen LogP contribution in [0.4, 0.5) is 0 Å². The minimum atomic E-state index is -4.05. The third-order valence-corrected chi connectivity index (χ3v) is 4.54. The zero-order chi connectivity index (χ0) is 14.8. The van der Waals surface area contributed by atoms with Crippen molar-refractivity contribution in [3.05, 3.63) is 27.7 Å². The van der Waals surface area contributed by atoms with Crippen molar-refractivity contribution in [1.82, 2.24) is 0 Å². The molecule has 0 saturated heterocycles. The SMILES string of the molecule is CC(=O)SCC(=O)c1cc(S(N)(=O)=O)c(Cl)cc1Cl. The molecule has 0 heterocycles. The van der Waals surface area contributed by atoms with E-state index < -0.39 is 15.8 Å². The monoisotopic (exact) mass is 341 g/mol. The molecule has 0 saturated carbocycles. The number of ketones is 1. The highest BCUT2D eigenvalue weighted by Crippen LogP contribution is 2.28. The van der Waals surface area contributed by atoms with Crippen LogP contribution in [0.3, 0.4) is 0 Å². The summed E-state index contributed by atoms with van der Waals surface area (Å²) in [6, 6.07) is 2.15. The topological polar surface area (TPSA) is 94.3 Å². The van der Waals surface area contributed by atoms with Gasteiger partial charge in [-0.1, -0.05) is 35.0 Å². The standard InChI is InChI=1S/C10H9Cl2NO4S2/c1-5(14)18-4-9(15)6-2-10(19(13,16)17)8(12)3-7(6)11/h2-3H,4H2,1H3,(H2,13,16,17). The molecule has 0 bridgehead atoms. The van der Waals surface area contributed by atoms with E-state index in [2.05, 4.69) is 0 Å². The maximum atomic E-state index is 11.8. The van der Waals surface area contributed by atoms with E-state index >= 15 is 0 Å². The van der Waals surface area contributed by atoms with Gasteiger partial charge in [0.1, 0.15) is 4.90 Å². The molecule has 1 aromatic rings. The molecule has 0 atom stereocenters. The number of carbonyl (C=O) groups excluding carboxylic acids is 2. The molecule has 0 spiro atoms. The Morgan fingerprint density at radius 2 is 1.84 bits per heavy atom. The first-order valence-corrected chi connectivity index (χ1v) is 8.10. The van der Waals surface area contributed by atoms with E-state index in [0.29, 0.717) is 0 Å². The van der Waals surface area contributed by atoms with Crippen LogP contribution in [0.2, 0.25) is 10.0 Å². The van der Waals surface area contributed by atoms with E-state index in [1.165, 1.54) is 6.92 Å². The Morgan fingerprint density at radius 1 is 1.26 bits per heavy atom. The van der Waals surface area contributed by atoms with Crippen molar-refractivity contribution in [2.75, 3.05) is 5.75 Å². The van der Waals surface area contributed by atoms with Gasteiger partial charge in [-0.2, -0.15) is 0 Å². The fourth-order valence-electron chi connectivity index (χ4n) is 1.21. The lowest BCUT2D eigenvalue weighted by atomic mass is 10.1. The maximum absolute atomic E-state index is 11.8. The summed E-state index contributed by atoms with van der Waals surface area (Å²) in [5.41, 5.74) is -0.0381. The first-order valence-electron chi connectivity index (χ1n) is 4.81. The first kappa shape index (κ1) is 16.5. The van der Waals surface area contributed by atoms with Crippen LogP contribution in [0.15, 0.2) is 17.0 Å². The Morgan fingerprint density at radius 3 is 2.32 bits per heavy atom. The third-order valence-electron chi connectivity index (χ3n) is 2.04. The highest BCUT2D eigenvalue weighted by atomic mass is 35.5. The number of rotatable bonds is 4. The second kappa shape index (κ2) is 6.23. The Balaban J connectivity index is 3.22. The molecule has 1 aromatic carbocycles. The summed E-state index contributed by atoms with van der Waals surface area (Å²) >= 11 is 12.3. The van der Waals surface area contributed by atoms with E-state index in [1.54, 1.807) is 0 Å². The third kappa shape index (κ3) is 4.47. The largest absolute Gasteiger partial charge is 0.293 e. The molecular formula is C10H9Cl2NO4S2. The van der Waals surface area contributed by atoms with Crippen LogP contribution in [0.1, 0.15) is 17.3 Å². The summed E-state index contributed by atoms with van der Waals surface area (Å²) in [6.07, 6.45) is 0. The molecule has 0 fully saturated rings. The van der Waals surface area contributed by atoms with Crippen molar-refractivity contribution < 1.29 is 18.0 Å². The van der Waals surface area contributed by atoms with Crippen molar-refractivity contribution in [2.45, 2.75) is 11.8 Å². The number of hydrogen-bond donors (Lipinski definition) is 1. The molecule has 9 heteroatoms. The van der Waals surface area contributed by atoms with Gasteiger partial charge >= 0.3 is 0 Å². The Kier molecular flexibility index (Phi) is 5.40. The molecule has 0 amide bonds. The second-order valence-electron chi connectivity index (χ2n) is 3.51. The van der Waals surface area contributed by atoms with Gasteiger partial charge in [-0.3, -0.25) is 9.59 Å². The number of benzene rings is 1. The zero-order valence-electron chi connectivity index (χ0n) is 9.64. The van der Waals surface area contributed by atoms with Gasteiger partial charge in [0, 0.05) is 12.5 Å². The Labute approximate surface area is 124 Å². The van der Waals surface area contributed by atoms with Crippen LogP contribution in [0, 0.1) is 0 Å². The molecule has 104 valence electrons. The van der Waals surface area contributed by atoms with Crippen molar-refractivity contribution in [3.63, 3.8) is 0 Å². The van der Waals surface area contributed by atoms with Gasteiger partial charge in [0.05, 0.1) is 15.8 Å². The Bertz CT molecular complexity index is 643. The molecule has 0 unspecified atom stereocenters. The number of thioether (sulfide) groups is 1. The molecule has 0 aliphatic heterocycles. The number of nitrogens with two attached hydrogens (primary N) is 1. The summed E-state index contributed by atoms with van der Waals surface area (Å²) in [6.45, 7) is 1.32. The maximum Gasteiger partial charge on any atom is 0.239 e. The highest BCUT2D eigenvalue weighted by molar-refractivity contribution is 8.14. The van der Waals surface area contributed by atoms with Crippen LogP contribution < -0.4 is 5.14 Å². The smallest absolute Gasteiger partial charge is 0.239 e. The van der Waals surface area contributed by atoms with Crippen LogP contribution in [0.25, 0.3) is 0 Å². The molecular weight excluding hydrogens is 333 g/mol. The quantitative estimate of drug-likeness (QED) is 0.846. The number of Topliss-reactive ketones (excluding diaryl/α,β-unsaturated/α-hetero) is 1. The number of hydrogen-bond acceptors (Lipinski definition) is 5. The Hall–Kier alpha value is -0.600. The fourth-order valence-corrected chi connectivity index (χ4v) is 3.12. The van der Waals surface area contributed by atoms with E-state index in [1.807, 2.05) is 0 Å². The summed E-state index contributed by atoms with van der Waals surface area (Å²) in [7, 11) is -4.05. The van der Waals surface area contributed by atoms with E-state index in [9.17, 15) is 18.0 Å². The van der Waals surface area contributed by atoms with Crippen LogP contribution >= 0.6 is 35.0 Å². The predicted octanol–water partition coefficient (Wildman–Crippen LogP) is 2.10. The van der Waals surface area contributed by atoms with E-state index in [0.717, 1.165) is 23.9 Å². The van der Waals surface area contributed by atoms with Crippen LogP contribution in [-0.4, -0.2) is 25.1 Å². The van der Waals surface area contributed by atoms with Gasteiger partial charge < -0.3 is 0 Å². The number of primary sulfonamides is 1. The lowest BCUT2D eigenvalue weighted by molar-refractivity contribution is -0.109. The highest BCUT2D eigenvalue weighted by Gasteiger charge is 2.20. The van der Waals surface area contributed by atoms with Crippen molar-refractivity contribution in [3.8, 4) is 0 Å². The van der Waals surface area contributed by atoms with Gasteiger partial charge in [0.25, 0.3) is 0 Å². The minimum Gasteiger partial charge on any atom is -0.293 e. The average Bonchev–Trinajstić information content (AvgIpc) is 2.24. The summed E-state index contributed by atoms with van der Waals surface area (Å²) in [5, 5.41) is 4.58. The number of halogens is 2. The van der Waals surface area contributed by atoms with Crippen molar-refractivity contribution >= 4 is 55.9 Å². The van der Waals surface area contributed by atoms with Gasteiger partial charge in [0.2, 0.25) is 10.0 Å². The van der Waals surface area contributed by atoms with Crippen LogP contribution in [0.5, 0.6) is 0 Å². The molecule has 0 radical (unpaired) electrons. The summed E-state index contributed by atoms with van der Waals surface area (Å²) in [4.78, 5) is 22.2. The lowest BCUT2D eigenvalue weighted by Crippen LogP contribution is -2.14. The molecule has 0 aliphatic rings. The zero-order valence-corrected chi connectivity index (χ0v) is 12.8. The molecule has 2 N–H and O–H groups in total. The fraction of sp³-hybridized carbons (Fsp3) is 0.200. The molecule has 0 aliphatic carbocycles. The van der Waals surface area contributed by atoms with Gasteiger partial charge in [-0.15, -0.1) is 0 Å². The van der Waals surface area contributed by atoms with Gasteiger partial charge in [-0.05, 0) is 12.1 Å². The molecule has 5 nitrogen and oxygen atoms in total. The number of carbonyl (C=O) groups is 2. The normalized spacial score (nSPS) is 11.4. The predicted molar refractivity (Wildman–Crippen MR) is 75.3 cm³/mol. The molecule has 1 rings (SSSR count). The summed E-state index contributed by atoms with van der Waals surface area (Å²) in [5.74, 6) is -0.618. The van der Waals surface area contributed by atoms with Crippen molar-refractivity contribution in [2.24, 2.45) is 5.14 Å². The second-order valence-corrected chi connectivity index (χ2v) is 7.01. The first-order chi connectivity index (χ1) is 8.62. The molecule has 19 heavy (non-hydrogen) atoms. The summed E-state index contributed by atoms with van der Waals surface area (Å²) < 4.78 is 22.6. The lowest BCUT2D eigenvalue weighted by Gasteiger charge is -2.07. The van der Waals surface area contributed by atoms with Gasteiger partial charge in [0.15, 0.2) is 10.9 Å². The van der Waals surface area contributed by atoms with Crippen LogP contribution in [-0.2, 0) is 14.8 Å². The van der Waals surface area contributed by atoms with Crippen molar-refractivity contribution in [1.29, 1.82) is 0 Å². The minimum absolute atomic E-state index is 0.00607. The molecule has 0 aromatic heterocycles. The average molecular weight is 342 g/mol. The van der Waals surface area contributed by atoms with Gasteiger partial charge in [-0.25, -0.2) is 13.6 Å².